The molecule has 1 aromatic heterocycles. The molecule has 1 saturated heterocycles. The number of carbonyl (C=O) groups excluding carboxylic acids is 2. The molecule has 0 radical (unpaired) electrons. The summed E-state index contributed by atoms with van der Waals surface area (Å²) in [5.74, 6) is -1.17. The predicted molar refractivity (Wildman–Crippen MR) is 107 cm³/mol. The van der Waals surface area contributed by atoms with Crippen LogP contribution < -0.4 is 16.8 Å². The van der Waals surface area contributed by atoms with Crippen LogP contribution in [0.4, 0.5) is 23.7 Å². The van der Waals surface area contributed by atoms with Gasteiger partial charge >= 0.3 is 12.2 Å². The number of nitrogens with zero attached hydrogens (tertiary/aromatic N) is 2. The Morgan fingerprint density at radius 1 is 1.23 bits per heavy atom. The highest BCUT2D eigenvalue weighted by Crippen LogP contribution is 2.50. The summed E-state index contributed by atoms with van der Waals surface area (Å²) < 4.78 is 40.3. The van der Waals surface area contributed by atoms with E-state index in [9.17, 15) is 22.8 Å². The van der Waals surface area contributed by atoms with Crippen molar-refractivity contribution in [2.75, 3.05) is 18.4 Å². The second-order valence-electron chi connectivity index (χ2n) is 8.25. The highest BCUT2D eigenvalue weighted by atomic mass is 19.4. The molecule has 3 amide bonds. The molecule has 0 spiro atoms. The molecule has 7 nitrogen and oxygen atoms in total. The summed E-state index contributed by atoms with van der Waals surface area (Å²) in [7, 11) is 0. The number of nitrogens with one attached hydrogen (secondary N) is 1. The van der Waals surface area contributed by atoms with Gasteiger partial charge < -0.3 is 21.7 Å². The van der Waals surface area contributed by atoms with Gasteiger partial charge in [-0.25, -0.2) is 4.79 Å². The zero-order valence-corrected chi connectivity index (χ0v) is 16.5. The van der Waals surface area contributed by atoms with E-state index < -0.39 is 29.2 Å². The fraction of sp³-hybridized carbons (Fsp3) is 0.381. The molecule has 10 heteroatoms. The molecule has 3 atom stereocenters. The van der Waals surface area contributed by atoms with Gasteiger partial charge in [0, 0.05) is 31.0 Å². The number of rotatable bonds is 3. The highest BCUT2D eigenvalue weighted by molar-refractivity contribution is 6.02. The molecule has 1 saturated carbocycles. The maximum atomic E-state index is 13.4. The van der Waals surface area contributed by atoms with Crippen LogP contribution in [0.1, 0.15) is 40.2 Å². The quantitative estimate of drug-likeness (QED) is 0.690. The van der Waals surface area contributed by atoms with Gasteiger partial charge in [0.2, 0.25) is 0 Å². The van der Waals surface area contributed by atoms with Crippen molar-refractivity contribution in [1.82, 2.24) is 9.88 Å². The van der Waals surface area contributed by atoms with Crippen LogP contribution in [0, 0.1) is 5.92 Å². The van der Waals surface area contributed by atoms with E-state index >= 15 is 0 Å². The summed E-state index contributed by atoms with van der Waals surface area (Å²) in [6.07, 6.45) is -0.909. The maximum absolute atomic E-state index is 13.4. The number of pyridine rings is 1. The largest absolute Gasteiger partial charge is 0.416 e. The Kier molecular flexibility index (Phi) is 5.12. The van der Waals surface area contributed by atoms with Crippen molar-refractivity contribution >= 4 is 17.6 Å². The lowest BCUT2D eigenvalue weighted by Crippen LogP contribution is -2.45. The van der Waals surface area contributed by atoms with Gasteiger partial charge in [0.1, 0.15) is 0 Å². The van der Waals surface area contributed by atoms with E-state index in [0.29, 0.717) is 19.4 Å². The van der Waals surface area contributed by atoms with Crippen molar-refractivity contribution in [2.45, 2.75) is 30.5 Å². The Morgan fingerprint density at radius 3 is 2.65 bits per heavy atom. The zero-order chi connectivity index (χ0) is 22.4. The second kappa shape index (κ2) is 7.52. The normalized spacial score (nSPS) is 25.4. The summed E-state index contributed by atoms with van der Waals surface area (Å²) in [4.78, 5) is 29.6. The van der Waals surface area contributed by atoms with Crippen molar-refractivity contribution in [3.05, 3.63) is 59.4 Å². The van der Waals surface area contributed by atoms with Crippen LogP contribution in [0.25, 0.3) is 0 Å². The molecule has 5 N–H and O–H groups in total. The molecule has 1 aromatic carbocycles. The fourth-order valence-electron chi connectivity index (χ4n) is 4.82. The number of amides is 3. The number of likely N-dealkylation sites (tertiary alicyclic amines) is 1. The average Bonchev–Trinajstić information content (AvgIpc) is 3.19. The predicted octanol–water partition coefficient (Wildman–Crippen LogP) is 2.94. The first-order valence-electron chi connectivity index (χ1n) is 9.83. The molecule has 31 heavy (non-hydrogen) atoms. The lowest BCUT2D eigenvalue weighted by atomic mass is 9.90. The van der Waals surface area contributed by atoms with E-state index in [1.54, 1.807) is 6.07 Å². The first kappa shape index (κ1) is 21.1. The number of carbonyl (C=O) groups is 2. The molecule has 2 aliphatic rings. The summed E-state index contributed by atoms with van der Waals surface area (Å²) in [5, 5.41) is 2.65. The summed E-state index contributed by atoms with van der Waals surface area (Å²) in [6.45, 7) is 0.537. The SMILES string of the molecule is NC(=O)c1cnccc1NC(=O)N1CC2CC(c3ccccc3C(F)(F)F)CC2(N)C1. The average molecular weight is 433 g/mol. The Hall–Kier alpha value is -3.14. The standard InChI is InChI=1S/C21H22F3N5O2/c22-21(23,24)16-4-2-1-3-14(16)12-7-13-10-29(11-20(13,26)8-12)19(31)28-17-5-6-27-9-15(17)18(25)30/h1-6,9,12-13H,7-8,10-11,26H2,(H2,25,30)(H,27,28,31). The van der Waals surface area contributed by atoms with Gasteiger partial charge in [0.15, 0.2) is 0 Å². The summed E-state index contributed by atoms with van der Waals surface area (Å²) in [5.41, 5.74) is 11.1. The summed E-state index contributed by atoms with van der Waals surface area (Å²) in [6, 6.07) is 6.62. The van der Waals surface area contributed by atoms with E-state index in [2.05, 4.69) is 10.3 Å². The van der Waals surface area contributed by atoms with Gasteiger partial charge in [-0.1, -0.05) is 18.2 Å². The van der Waals surface area contributed by atoms with E-state index in [0.717, 1.165) is 6.07 Å². The number of hydrogen-bond donors (Lipinski definition) is 3. The molecule has 1 aliphatic heterocycles. The fourth-order valence-corrected chi connectivity index (χ4v) is 4.82. The summed E-state index contributed by atoms with van der Waals surface area (Å²) >= 11 is 0. The monoisotopic (exact) mass is 433 g/mol. The minimum atomic E-state index is -4.43. The van der Waals surface area contributed by atoms with Crippen LogP contribution >= 0.6 is 0 Å². The Labute approximate surface area is 176 Å². The topological polar surface area (TPSA) is 114 Å². The van der Waals surface area contributed by atoms with Crippen LogP contribution in [-0.4, -0.2) is 40.5 Å². The molecule has 164 valence electrons. The van der Waals surface area contributed by atoms with Crippen LogP contribution in [-0.2, 0) is 6.18 Å². The van der Waals surface area contributed by atoms with Crippen molar-refractivity contribution in [3.63, 3.8) is 0 Å². The number of benzene rings is 1. The van der Waals surface area contributed by atoms with Crippen LogP contribution in [0.3, 0.4) is 0 Å². The number of halogens is 3. The number of fused-ring (bicyclic) bond motifs is 1. The number of aromatic nitrogens is 1. The van der Waals surface area contributed by atoms with Gasteiger partial charge in [0.25, 0.3) is 5.91 Å². The van der Waals surface area contributed by atoms with Gasteiger partial charge in [-0.15, -0.1) is 0 Å². The number of hydrogen-bond acceptors (Lipinski definition) is 4. The lowest BCUT2D eigenvalue weighted by molar-refractivity contribution is -0.138. The third kappa shape index (κ3) is 3.95. The minimum Gasteiger partial charge on any atom is -0.365 e. The number of anilines is 1. The van der Waals surface area contributed by atoms with Crippen molar-refractivity contribution in [3.8, 4) is 0 Å². The zero-order valence-electron chi connectivity index (χ0n) is 16.5. The Balaban J connectivity index is 1.47. The molecular formula is C21H22F3N5O2. The lowest BCUT2D eigenvalue weighted by Gasteiger charge is -2.25. The van der Waals surface area contributed by atoms with Crippen molar-refractivity contribution < 1.29 is 22.8 Å². The van der Waals surface area contributed by atoms with Crippen molar-refractivity contribution in [1.29, 1.82) is 0 Å². The van der Waals surface area contributed by atoms with E-state index in [1.807, 2.05) is 0 Å². The van der Waals surface area contributed by atoms with Crippen molar-refractivity contribution in [2.24, 2.45) is 17.4 Å². The highest BCUT2D eigenvalue weighted by Gasteiger charge is 2.52. The first-order chi connectivity index (χ1) is 14.6. The Bertz CT molecular complexity index is 1030. The van der Waals surface area contributed by atoms with Gasteiger partial charge in [-0.2, -0.15) is 13.2 Å². The minimum absolute atomic E-state index is 0.0847. The maximum Gasteiger partial charge on any atom is 0.416 e. The van der Waals surface area contributed by atoms with Gasteiger partial charge in [-0.3, -0.25) is 9.78 Å². The molecule has 1 aliphatic carbocycles. The van der Waals surface area contributed by atoms with Crippen LogP contribution in [0.2, 0.25) is 0 Å². The van der Waals surface area contributed by atoms with E-state index in [1.165, 1.54) is 35.5 Å². The third-order valence-electron chi connectivity index (χ3n) is 6.26. The molecule has 2 fully saturated rings. The third-order valence-corrected chi connectivity index (χ3v) is 6.26. The van der Waals surface area contributed by atoms with Gasteiger partial charge in [0.05, 0.1) is 16.8 Å². The van der Waals surface area contributed by atoms with E-state index in [4.69, 9.17) is 11.5 Å². The first-order valence-corrected chi connectivity index (χ1v) is 9.83. The number of urea groups is 1. The number of alkyl halides is 3. The molecule has 2 heterocycles. The molecule has 4 rings (SSSR count). The Morgan fingerprint density at radius 2 is 1.97 bits per heavy atom. The molecule has 2 aromatic rings. The second-order valence-corrected chi connectivity index (χ2v) is 8.25. The molecule has 0 bridgehead atoms. The smallest absolute Gasteiger partial charge is 0.365 e. The number of primary amides is 1. The van der Waals surface area contributed by atoms with E-state index in [-0.39, 0.29) is 35.2 Å². The molecule has 3 unspecified atom stereocenters. The van der Waals surface area contributed by atoms with Gasteiger partial charge in [-0.05, 0) is 42.4 Å². The van der Waals surface area contributed by atoms with Crippen LogP contribution in [0.15, 0.2) is 42.7 Å². The number of nitrogens with two attached hydrogens (primary N) is 2. The van der Waals surface area contributed by atoms with Crippen LogP contribution in [0.5, 0.6) is 0 Å². The molecular weight excluding hydrogens is 411 g/mol.